The van der Waals surface area contributed by atoms with E-state index in [1.165, 1.54) is 16.7 Å². The molecule has 0 aromatic heterocycles. The molecule has 0 unspecified atom stereocenters. The number of hydrogen-bond donors (Lipinski definition) is 2. The summed E-state index contributed by atoms with van der Waals surface area (Å²) in [7, 11) is 0. The molecule has 0 aromatic carbocycles. The lowest BCUT2D eigenvalue weighted by Crippen LogP contribution is -2.44. The Bertz CT molecular complexity index is 341. The van der Waals surface area contributed by atoms with E-state index < -0.39 is 25.0 Å². The number of rotatable bonds is 6. The Morgan fingerprint density at radius 2 is 1.88 bits per heavy atom. The minimum absolute atomic E-state index is 0.108. The van der Waals surface area contributed by atoms with Gasteiger partial charge in [-0.05, 0) is 0 Å². The Morgan fingerprint density at radius 1 is 1.35 bits per heavy atom. The summed E-state index contributed by atoms with van der Waals surface area (Å²) in [6.45, 7) is -1.02. The van der Waals surface area contributed by atoms with Crippen molar-refractivity contribution in [3.63, 3.8) is 0 Å². The van der Waals surface area contributed by atoms with Crippen LogP contribution in [0.1, 0.15) is 0 Å². The molecule has 1 rings (SSSR count). The molecule has 1 saturated heterocycles. The number of carboxylic acid groups (broad SMARTS) is 2. The van der Waals surface area contributed by atoms with E-state index in [9.17, 15) is 14.4 Å². The van der Waals surface area contributed by atoms with E-state index in [0.29, 0.717) is 4.32 Å². The highest BCUT2D eigenvalue weighted by atomic mass is 32.2. The van der Waals surface area contributed by atoms with E-state index in [1.54, 1.807) is 0 Å². The first kappa shape index (κ1) is 13.9. The smallest absolute Gasteiger partial charge is 0.317 e. The van der Waals surface area contributed by atoms with E-state index in [4.69, 9.17) is 22.4 Å². The van der Waals surface area contributed by atoms with Crippen LogP contribution in [0.3, 0.4) is 0 Å². The van der Waals surface area contributed by atoms with Gasteiger partial charge in [0.1, 0.15) is 4.32 Å². The molecule has 1 aliphatic heterocycles. The Morgan fingerprint density at radius 3 is 2.24 bits per heavy atom. The van der Waals surface area contributed by atoms with Crippen LogP contribution in [0.25, 0.3) is 0 Å². The number of amides is 1. The maximum atomic E-state index is 11.4. The van der Waals surface area contributed by atoms with Gasteiger partial charge in [-0.1, -0.05) is 24.0 Å². The second-order valence-corrected chi connectivity index (χ2v) is 4.90. The van der Waals surface area contributed by atoms with Crippen molar-refractivity contribution in [3.05, 3.63) is 0 Å². The van der Waals surface area contributed by atoms with Gasteiger partial charge in [0.15, 0.2) is 0 Å². The van der Waals surface area contributed by atoms with Crippen molar-refractivity contribution < 1.29 is 24.6 Å². The molecule has 0 aromatic rings. The summed E-state index contributed by atoms with van der Waals surface area (Å²) in [5.74, 6) is -2.33. The van der Waals surface area contributed by atoms with Gasteiger partial charge >= 0.3 is 11.9 Å². The van der Waals surface area contributed by atoms with Crippen LogP contribution in [0, 0.1) is 0 Å². The average molecular weight is 278 g/mol. The van der Waals surface area contributed by atoms with E-state index in [1.807, 2.05) is 0 Å². The highest BCUT2D eigenvalue weighted by Crippen LogP contribution is 2.19. The van der Waals surface area contributed by atoms with E-state index in [2.05, 4.69) is 0 Å². The van der Waals surface area contributed by atoms with Gasteiger partial charge in [-0.25, -0.2) is 0 Å². The molecule has 7 nitrogen and oxygen atoms in total. The van der Waals surface area contributed by atoms with Gasteiger partial charge < -0.3 is 10.2 Å². The van der Waals surface area contributed by atoms with Crippen LogP contribution < -0.4 is 0 Å². The van der Waals surface area contributed by atoms with E-state index >= 15 is 0 Å². The maximum absolute atomic E-state index is 11.4. The van der Waals surface area contributed by atoms with Crippen LogP contribution in [-0.4, -0.2) is 67.7 Å². The van der Waals surface area contributed by atoms with Crippen molar-refractivity contribution in [2.75, 3.05) is 25.5 Å². The molecule has 0 radical (unpaired) electrons. The second-order valence-electron chi connectivity index (χ2n) is 3.29. The molecule has 0 bridgehead atoms. The van der Waals surface area contributed by atoms with Gasteiger partial charge in [0, 0.05) is 0 Å². The molecule has 1 heterocycles. The standard InChI is InChI=1S/C8H10N2O5S2/c11-5-3-17-8(16)10(5)4-9(1-6(12)13)2-7(14)15/h1-4H2,(H,12,13)(H,14,15). The molecule has 1 aliphatic rings. The largest absolute Gasteiger partial charge is 0.480 e. The Balaban J connectivity index is 2.64. The first-order chi connectivity index (χ1) is 7.90. The first-order valence-corrected chi connectivity index (χ1v) is 5.92. The van der Waals surface area contributed by atoms with Crippen LogP contribution in [-0.2, 0) is 14.4 Å². The van der Waals surface area contributed by atoms with Crippen LogP contribution in [0.15, 0.2) is 0 Å². The van der Waals surface area contributed by atoms with Gasteiger partial charge in [-0.2, -0.15) is 0 Å². The van der Waals surface area contributed by atoms with Gasteiger partial charge in [0.2, 0.25) is 5.91 Å². The molecular weight excluding hydrogens is 268 g/mol. The lowest BCUT2D eigenvalue weighted by atomic mass is 10.4. The minimum Gasteiger partial charge on any atom is -0.480 e. The van der Waals surface area contributed by atoms with Gasteiger partial charge in [-0.15, -0.1) is 0 Å². The zero-order valence-electron chi connectivity index (χ0n) is 8.66. The summed E-state index contributed by atoms with van der Waals surface area (Å²) < 4.78 is 0.343. The third-order valence-electron chi connectivity index (χ3n) is 1.90. The normalized spacial score (nSPS) is 15.7. The number of carboxylic acids is 2. The van der Waals surface area contributed by atoms with Crippen molar-refractivity contribution in [2.45, 2.75) is 0 Å². The second kappa shape index (κ2) is 5.94. The van der Waals surface area contributed by atoms with Crippen molar-refractivity contribution >= 4 is 46.1 Å². The SMILES string of the molecule is O=C(O)CN(CC(=O)O)CN1C(=O)CSC1=S. The number of aliphatic carboxylic acids is 2. The molecular formula is C8H10N2O5S2. The molecule has 9 heteroatoms. The number of thiocarbonyl (C=S) groups is 1. The Labute approximate surface area is 106 Å². The highest BCUT2D eigenvalue weighted by molar-refractivity contribution is 8.23. The molecule has 0 aliphatic carbocycles. The quantitative estimate of drug-likeness (QED) is 0.614. The summed E-state index contributed by atoms with van der Waals surface area (Å²) in [5, 5.41) is 17.3. The zero-order valence-corrected chi connectivity index (χ0v) is 10.3. The molecule has 0 saturated carbocycles. The summed E-state index contributed by atoms with van der Waals surface area (Å²) in [6, 6.07) is 0. The summed E-state index contributed by atoms with van der Waals surface area (Å²) >= 11 is 6.09. The van der Waals surface area contributed by atoms with Crippen LogP contribution >= 0.6 is 24.0 Å². The first-order valence-electron chi connectivity index (χ1n) is 4.53. The fourth-order valence-electron chi connectivity index (χ4n) is 1.26. The van der Waals surface area contributed by atoms with Crippen molar-refractivity contribution in [3.8, 4) is 0 Å². The molecule has 17 heavy (non-hydrogen) atoms. The number of thioether (sulfide) groups is 1. The molecule has 1 amide bonds. The number of carbonyl (C=O) groups excluding carboxylic acids is 1. The minimum atomic E-state index is -1.16. The van der Waals surface area contributed by atoms with Crippen molar-refractivity contribution in [1.29, 1.82) is 0 Å². The van der Waals surface area contributed by atoms with Crippen LogP contribution in [0.4, 0.5) is 0 Å². The Hall–Kier alpha value is -1.19. The summed E-state index contributed by atoms with van der Waals surface area (Å²) in [6.07, 6.45) is 0. The summed E-state index contributed by atoms with van der Waals surface area (Å²) in [5.41, 5.74) is 0. The third-order valence-corrected chi connectivity index (χ3v) is 3.33. The molecule has 0 atom stereocenters. The van der Waals surface area contributed by atoms with Crippen LogP contribution in [0.2, 0.25) is 0 Å². The number of hydrogen-bond acceptors (Lipinski definition) is 6. The molecule has 0 spiro atoms. The van der Waals surface area contributed by atoms with E-state index in [-0.39, 0.29) is 18.3 Å². The average Bonchev–Trinajstić information content (AvgIpc) is 2.47. The highest BCUT2D eigenvalue weighted by Gasteiger charge is 2.29. The maximum Gasteiger partial charge on any atom is 0.317 e. The molecule has 94 valence electrons. The molecule has 1 fully saturated rings. The third kappa shape index (κ3) is 4.29. The van der Waals surface area contributed by atoms with Gasteiger partial charge in [0.25, 0.3) is 0 Å². The van der Waals surface area contributed by atoms with Crippen molar-refractivity contribution in [1.82, 2.24) is 9.80 Å². The van der Waals surface area contributed by atoms with Gasteiger partial charge in [-0.3, -0.25) is 24.2 Å². The molecule has 2 N–H and O–H groups in total. The Kier molecular flexibility index (Phi) is 4.85. The topological polar surface area (TPSA) is 98.2 Å². The van der Waals surface area contributed by atoms with Crippen LogP contribution in [0.5, 0.6) is 0 Å². The predicted octanol–water partition coefficient (Wildman–Crippen LogP) is -0.725. The van der Waals surface area contributed by atoms with E-state index in [0.717, 1.165) is 4.90 Å². The number of nitrogens with zero attached hydrogens (tertiary/aromatic N) is 2. The summed E-state index contributed by atoms with van der Waals surface area (Å²) in [4.78, 5) is 34.8. The monoisotopic (exact) mass is 278 g/mol. The van der Waals surface area contributed by atoms with Crippen molar-refractivity contribution in [2.24, 2.45) is 0 Å². The lowest BCUT2D eigenvalue weighted by molar-refractivity contribution is -0.143. The fraction of sp³-hybridized carbons (Fsp3) is 0.500. The lowest BCUT2D eigenvalue weighted by Gasteiger charge is -2.24. The predicted molar refractivity (Wildman–Crippen MR) is 63.6 cm³/mol. The number of carbonyl (C=O) groups is 3. The zero-order chi connectivity index (χ0) is 13.0. The fourth-order valence-corrected chi connectivity index (χ4v) is 2.31. The van der Waals surface area contributed by atoms with Gasteiger partial charge in [0.05, 0.1) is 25.5 Å².